The molecule has 1 atom stereocenters. The molecule has 0 radical (unpaired) electrons. The standard InChI is InChI=1S/C14H16FN3O2S/c1-9(11-4-2-3-5-13(11)16)18-14-7-6-10(8-12(14)15)21(17,19)20/h2-9,18H,16H2,1H3,(H2,17,19,20). The lowest BCUT2D eigenvalue weighted by molar-refractivity contribution is 0.592. The van der Waals surface area contributed by atoms with Gasteiger partial charge >= 0.3 is 0 Å². The predicted molar refractivity (Wildman–Crippen MR) is 80.7 cm³/mol. The van der Waals surface area contributed by atoms with Crippen molar-refractivity contribution in [2.45, 2.75) is 17.9 Å². The quantitative estimate of drug-likeness (QED) is 0.754. The van der Waals surface area contributed by atoms with Crippen molar-refractivity contribution in [2.75, 3.05) is 11.1 Å². The Morgan fingerprint density at radius 1 is 1.19 bits per heavy atom. The van der Waals surface area contributed by atoms with Gasteiger partial charge in [0.15, 0.2) is 0 Å². The van der Waals surface area contributed by atoms with E-state index in [0.29, 0.717) is 5.69 Å². The molecule has 0 saturated heterocycles. The van der Waals surface area contributed by atoms with Gasteiger partial charge in [-0.05, 0) is 36.8 Å². The van der Waals surface area contributed by atoms with Crippen LogP contribution >= 0.6 is 0 Å². The van der Waals surface area contributed by atoms with E-state index in [-0.39, 0.29) is 16.6 Å². The van der Waals surface area contributed by atoms with Crippen LogP contribution in [0.5, 0.6) is 0 Å². The molecule has 21 heavy (non-hydrogen) atoms. The van der Waals surface area contributed by atoms with Gasteiger partial charge in [-0.2, -0.15) is 0 Å². The molecule has 0 aliphatic rings. The number of rotatable bonds is 4. The summed E-state index contributed by atoms with van der Waals surface area (Å²) in [5, 5.41) is 7.91. The SMILES string of the molecule is CC(Nc1ccc(S(N)(=O)=O)cc1F)c1ccccc1N. The van der Waals surface area contributed by atoms with Gasteiger partial charge < -0.3 is 11.1 Å². The largest absolute Gasteiger partial charge is 0.398 e. The zero-order valence-corrected chi connectivity index (χ0v) is 12.2. The number of nitrogens with one attached hydrogen (secondary N) is 1. The molecule has 0 aromatic heterocycles. The molecule has 2 rings (SSSR count). The molecular weight excluding hydrogens is 293 g/mol. The van der Waals surface area contributed by atoms with Crippen molar-refractivity contribution in [3.05, 3.63) is 53.8 Å². The smallest absolute Gasteiger partial charge is 0.238 e. The number of benzene rings is 2. The fourth-order valence-corrected chi connectivity index (χ4v) is 2.53. The van der Waals surface area contributed by atoms with Crippen molar-refractivity contribution < 1.29 is 12.8 Å². The molecule has 0 spiro atoms. The van der Waals surface area contributed by atoms with Crippen molar-refractivity contribution in [1.82, 2.24) is 0 Å². The minimum absolute atomic E-state index is 0.179. The highest BCUT2D eigenvalue weighted by atomic mass is 32.2. The van der Waals surface area contributed by atoms with Gasteiger partial charge in [-0.25, -0.2) is 17.9 Å². The second-order valence-electron chi connectivity index (χ2n) is 4.68. The van der Waals surface area contributed by atoms with Crippen LogP contribution in [0.15, 0.2) is 47.4 Å². The summed E-state index contributed by atoms with van der Waals surface area (Å²) < 4.78 is 36.3. The van der Waals surface area contributed by atoms with E-state index in [2.05, 4.69) is 5.32 Å². The van der Waals surface area contributed by atoms with E-state index in [4.69, 9.17) is 10.9 Å². The molecule has 2 aromatic rings. The average molecular weight is 309 g/mol. The Hall–Kier alpha value is -2.12. The molecule has 7 heteroatoms. The lowest BCUT2D eigenvalue weighted by Gasteiger charge is -2.18. The lowest BCUT2D eigenvalue weighted by atomic mass is 10.1. The first-order valence-corrected chi connectivity index (χ1v) is 7.77. The Balaban J connectivity index is 2.27. The van der Waals surface area contributed by atoms with E-state index in [1.807, 2.05) is 25.1 Å². The summed E-state index contributed by atoms with van der Waals surface area (Å²) in [6, 6.07) is 10.5. The first kappa shape index (κ1) is 15.3. The van der Waals surface area contributed by atoms with Gasteiger partial charge in [0.2, 0.25) is 10.0 Å². The van der Waals surface area contributed by atoms with Gasteiger partial charge in [-0.3, -0.25) is 0 Å². The Morgan fingerprint density at radius 3 is 2.43 bits per heavy atom. The third-order valence-corrected chi connectivity index (χ3v) is 4.01. The molecule has 0 bridgehead atoms. The highest BCUT2D eigenvalue weighted by molar-refractivity contribution is 7.89. The van der Waals surface area contributed by atoms with Crippen LogP contribution in [0, 0.1) is 5.82 Å². The van der Waals surface area contributed by atoms with E-state index in [1.165, 1.54) is 12.1 Å². The number of primary sulfonamides is 1. The highest BCUT2D eigenvalue weighted by Gasteiger charge is 2.14. The fourth-order valence-electron chi connectivity index (χ4n) is 2.01. The fraction of sp³-hybridized carbons (Fsp3) is 0.143. The first-order valence-electron chi connectivity index (χ1n) is 6.22. The number of hydrogen-bond acceptors (Lipinski definition) is 4. The summed E-state index contributed by atoms with van der Waals surface area (Å²) in [4.78, 5) is -0.266. The first-order chi connectivity index (χ1) is 9.79. The normalized spacial score (nSPS) is 12.9. The summed E-state index contributed by atoms with van der Waals surface area (Å²) >= 11 is 0. The van der Waals surface area contributed by atoms with E-state index < -0.39 is 15.8 Å². The zero-order valence-electron chi connectivity index (χ0n) is 11.4. The monoisotopic (exact) mass is 309 g/mol. The molecule has 5 nitrogen and oxygen atoms in total. The van der Waals surface area contributed by atoms with Gasteiger partial charge in [0.05, 0.1) is 16.6 Å². The number of sulfonamides is 1. The molecular formula is C14H16FN3O2S. The molecule has 2 aromatic carbocycles. The zero-order chi connectivity index (χ0) is 15.6. The molecule has 0 heterocycles. The number of nitrogen functional groups attached to an aromatic ring is 1. The van der Waals surface area contributed by atoms with E-state index in [0.717, 1.165) is 11.6 Å². The van der Waals surface area contributed by atoms with Crippen molar-refractivity contribution in [1.29, 1.82) is 0 Å². The Morgan fingerprint density at radius 2 is 1.86 bits per heavy atom. The second-order valence-corrected chi connectivity index (χ2v) is 6.24. The van der Waals surface area contributed by atoms with Gasteiger partial charge in [-0.1, -0.05) is 18.2 Å². The second kappa shape index (κ2) is 5.71. The van der Waals surface area contributed by atoms with E-state index >= 15 is 0 Å². The highest BCUT2D eigenvalue weighted by Crippen LogP contribution is 2.26. The van der Waals surface area contributed by atoms with Crippen LogP contribution < -0.4 is 16.2 Å². The summed E-state index contributed by atoms with van der Waals surface area (Å²) in [6.45, 7) is 1.83. The van der Waals surface area contributed by atoms with Crippen LogP contribution in [0.2, 0.25) is 0 Å². The average Bonchev–Trinajstić information content (AvgIpc) is 2.40. The van der Waals surface area contributed by atoms with Crippen LogP contribution in [-0.2, 0) is 10.0 Å². The van der Waals surface area contributed by atoms with Crippen LogP contribution in [0.4, 0.5) is 15.8 Å². The third-order valence-electron chi connectivity index (χ3n) is 3.10. The van der Waals surface area contributed by atoms with Crippen LogP contribution in [0.25, 0.3) is 0 Å². The molecule has 0 aliphatic carbocycles. The maximum Gasteiger partial charge on any atom is 0.238 e. The summed E-state index contributed by atoms with van der Waals surface area (Å²) in [5.74, 6) is -0.692. The van der Waals surface area contributed by atoms with Gasteiger partial charge in [0, 0.05) is 5.69 Å². The summed E-state index contributed by atoms with van der Waals surface area (Å²) in [5.41, 5.74) is 7.47. The molecule has 112 valence electrons. The molecule has 1 unspecified atom stereocenters. The van der Waals surface area contributed by atoms with E-state index in [9.17, 15) is 12.8 Å². The number of hydrogen-bond donors (Lipinski definition) is 3. The molecule has 5 N–H and O–H groups in total. The maximum absolute atomic E-state index is 13.9. The Bertz CT molecular complexity index is 763. The van der Waals surface area contributed by atoms with Crippen molar-refractivity contribution in [3.8, 4) is 0 Å². The van der Waals surface area contributed by atoms with E-state index in [1.54, 1.807) is 6.07 Å². The number of nitrogens with two attached hydrogens (primary N) is 2. The van der Waals surface area contributed by atoms with Crippen molar-refractivity contribution in [3.63, 3.8) is 0 Å². The molecule has 0 fully saturated rings. The molecule has 0 aliphatic heterocycles. The summed E-state index contributed by atoms with van der Waals surface area (Å²) in [7, 11) is -3.92. The molecule has 0 saturated carbocycles. The van der Waals surface area contributed by atoms with Gasteiger partial charge in [0.25, 0.3) is 0 Å². The minimum atomic E-state index is -3.92. The number of para-hydroxylation sites is 1. The van der Waals surface area contributed by atoms with Crippen LogP contribution in [-0.4, -0.2) is 8.42 Å². The minimum Gasteiger partial charge on any atom is -0.398 e. The van der Waals surface area contributed by atoms with Gasteiger partial charge in [-0.15, -0.1) is 0 Å². The lowest BCUT2D eigenvalue weighted by Crippen LogP contribution is -2.14. The third kappa shape index (κ3) is 3.50. The van der Waals surface area contributed by atoms with Crippen LogP contribution in [0.1, 0.15) is 18.5 Å². The predicted octanol–water partition coefficient (Wildman–Crippen LogP) is 2.23. The van der Waals surface area contributed by atoms with Crippen molar-refractivity contribution >= 4 is 21.4 Å². The number of anilines is 2. The van der Waals surface area contributed by atoms with Gasteiger partial charge in [0.1, 0.15) is 5.82 Å². The molecule has 0 amide bonds. The van der Waals surface area contributed by atoms with Crippen molar-refractivity contribution in [2.24, 2.45) is 5.14 Å². The summed E-state index contributed by atoms with van der Waals surface area (Å²) in [6.07, 6.45) is 0. The number of halogens is 1. The Kier molecular flexibility index (Phi) is 4.15. The Labute approximate surface area is 122 Å². The maximum atomic E-state index is 13.9. The topological polar surface area (TPSA) is 98.2 Å². The van der Waals surface area contributed by atoms with Crippen LogP contribution in [0.3, 0.4) is 0 Å².